The average Bonchev–Trinajstić information content (AvgIpc) is 3.49. The summed E-state index contributed by atoms with van der Waals surface area (Å²) in [7, 11) is 5.95. The Kier molecular flexibility index (Phi) is 11.6. The normalized spacial score (nSPS) is 23.1. The van der Waals surface area contributed by atoms with E-state index in [4.69, 9.17) is 4.98 Å². The van der Waals surface area contributed by atoms with Gasteiger partial charge in [-0.1, -0.05) is 6.92 Å². The lowest BCUT2D eigenvalue weighted by molar-refractivity contribution is -0.138. The Morgan fingerprint density at radius 2 is 1.53 bits per heavy atom. The van der Waals surface area contributed by atoms with E-state index in [1.807, 2.05) is 23.6 Å². The number of fused-ring (bicyclic) bond motifs is 1. The van der Waals surface area contributed by atoms with Crippen LogP contribution in [-0.4, -0.2) is 124 Å². The second-order valence-electron chi connectivity index (χ2n) is 14.6. The van der Waals surface area contributed by atoms with Crippen molar-refractivity contribution in [2.24, 2.45) is 11.8 Å². The molecule has 1 saturated heterocycles. The summed E-state index contributed by atoms with van der Waals surface area (Å²) in [5.41, 5.74) is 0.418. The number of anilines is 3. The van der Waals surface area contributed by atoms with Gasteiger partial charge in [0.15, 0.2) is 17.3 Å². The molecule has 3 heterocycles. The van der Waals surface area contributed by atoms with Gasteiger partial charge in [-0.15, -0.1) is 0 Å². The molecule has 2 amide bonds. The van der Waals surface area contributed by atoms with Gasteiger partial charge in [-0.05, 0) is 72.0 Å². The number of piperazine rings is 1. The minimum atomic E-state index is -1.08. The molecule has 0 spiro atoms. The van der Waals surface area contributed by atoms with Crippen LogP contribution in [0.1, 0.15) is 64.3 Å². The summed E-state index contributed by atoms with van der Waals surface area (Å²) in [6.07, 6.45) is 7.33. The first-order valence-corrected chi connectivity index (χ1v) is 18.3. The SMILES string of the molecule is CCN(C)CCN(C)C(=O)C1CCC(n2c(Nc3c(F)cc(F)cc3F)nc3cnc(NC4CCC(C(=O)N5CCN(C)CC5)CC4)nc32)CC1. The highest BCUT2D eigenvalue weighted by atomic mass is 19.1. The van der Waals surface area contributed by atoms with Crippen LogP contribution in [0.5, 0.6) is 0 Å². The Morgan fingerprint density at radius 3 is 2.18 bits per heavy atom. The van der Waals surface area contributed by atoms with Gasteiger partial charge in [-0.25, -0.2) is 23.1 Å². The minimum Gasteiger partial charge on any atom is -0.351 e. The van der Waals surface area contributed by atoms with E-state index >= 15 is 0 Å². The summed E-state index contributed by atoms with van der Waals surface area (Å²) < 4.78 is 45.2. The van der Waals surface area contributed by atoms with Crippen molar-refractivity contribution in [1.29, 1.82) is 0 Å². The number of benzene rings is 1. The van der Waals surface area contributed by atoms with E-state index in [1.165, 1.54) is 0 Å². The highest BCUT2D eigenvalue weighted by Gasteiger charge is 2.33. The second kappa shape index (κ2) is 16.1. The van der Waals surface area contributed by atoms with Crippen molar-refractivity contribution < 1.29 is 22.8 Å². The summed E-state index contributed by atoms with van der Waals surface area (Å²) in [6, 6.07) is 1.17. The number of amides is 2. The molecule has 6 rings (SSSR count). The summed E-state index contributed by atoms with van der Waals surface area (Å²) in [4.78, 5) is 48.7. The van der Waals surface area contributed by atoms with Crippen LogP contribution in [0.15, 0.2) is 18.3 Å². The molecular formula is C36H51F3N10O2. The third-order valence-electron chi connectivity index (χ3n) is 11.0. The molecule has 0 atom stereocenters. The van der Waals surface area contributed by atoms with Crippen LogP contribution in [0, 0.1) is 29.3 Å². The number of imidazole rings is 1. The number of aromatic nitrogens is 4. The summed E-state index contributed by atoms with van der Waals surface area (Å²) in [6.45, 7) is 7.80. The molecule has 2 saturated carbocycles. The first-order chi connectivity index (χ1) is 24.5. The molecule has 0 radical (unpaired) electrons. The van der Waals surface area contributed by atoms with E-state index in [0.29, 0.717) is 61.5 Å². The molecule has 0 bridgehead atoms. The predicted octanol–water partition coefficient (Wildman–Crippen LogP) is 4.87. The summed E-state index contributed by atoms with van der Waals surface area (Å²) in [5.74, 6) is -2.32. The number of rotatable bonds is 11. The third-order valence-corrected chi connectivity index (χ3v) is 11.0. The van der Waals surface area contributed by atoms with Crippen molar-refractivity contribution in [2.45, 2.75) is 70.4 Å². The molecule has 0 unspecified atom stereocenters. The summed E-state index contributed by atoms with van der Waals surface area (Å²) >= 11 is 0. The zero-order valence-corrected chi connectivity index (χ0v) is 30.2. The lowest BCUT2D eigenvalue weighted by Gasteiger charge is -2.36. The minimum absolute atomic E-state index is 0.0247. The van der Waals surface area contributed by atoms with Crippen LogP contribution in [0.25, 0.3) is 11.2 Å². The van der Waals surface area contributed by atoms with Crippen LogP contribution in [0.3, 0.4) is 0 Å². The fraction of sp³-hybridized carbons (Fsp3) is 0.639. The Hall–Kier alpha value is -3.98. The highest BCUT2D eigenvalue weighted by Crippen LogP contribution is 2.38. The molecule has 278 valence electrons. The molecule has 3 fully saturated rings. The number of nitrogens with one attached hydrogen (secondary N) is 2. The fourth-order valence-electron chi connectivity index (χ4n) is 7.60. The number of hydrogen-bond acceptors (Lipinski definition) is 9. The van der Waals surface area contributed by atoms with Crippen molar-refractivity contribution in [3.8, 4) is 0 Å². The monoisotopic (exact) mass is 712 g/mol. The third kappa shape index (κ3) is 8.57. The second-order valence-corrected chi connectivity index (χ2v) is 14.6. The van der Waals surface area contributed by atoms with Crippen LogP contribution >= 0.6 is 0 Å². The Balaban J connectivity index is 1.18. The summed E-state index contributed by atoms with van der Waals surface area (Å²) in [5, 5.41) is 6.24. The maximum absolute atomic E-state index is 14.8. The maximum Gasteiger partial charge on any atom is 0.225 e. The first-order valence-electron chi connectivity index (χ1n) is 18.3. The van der Waals surface area contributed by atoms with Gasteiger partial charge in [0.05, 0.1) is 6.20 Å². The number of likely N-dealkylation sites (N-methyl/N-ethyl adjacent to an activating group) is 3. The van der Waals surface area contributed by atoms with Crippen molar-refractivity contribution in [3.05, 3.63) is 35.8 Å². The Labute approximate surface area is 297 Å². The maximum atomic E-state index is 14.8. The number of halogens is 3. The van der Waals surface area contributed by atoms with Gasteiger partial charge in [0, 0.05) is 82.4 Å². The van der Waals surface area contributed by atoms with Crippen LogP contribution in [0.4, 0.5) is 30.8 Å². The van der Waals surface area contributed by atoms with E-state index in [0.717, 1.165) is 65.0 Å². The molecule has 3 aromatic rings. The fourth-order valence-corrected chi connectivity index (χ4v) is 7.60. The van der Waals surface area contributed by atoms with Gasteiger partial charge in [0.2, 0.25) is 23.7 Å². The van der Waals surface area contributed by atoms with E-state index < -0.39 is 23.1 Å². The quantitative estimate of drug-likeness (QED) is 0.288. The zero-order chi connectivity index (χ0) is 36.2. The van der Waals surface area contributed by atoms with Gasteiger partial charge >= 0.3 is 0 Å². The van der Waals surface area contributed by atoms with Gasteiger partial charge in [-0.3, -0.25) is 14.2 Å². The predicted molar refractivity (Wildman–Crippen MR) is 190 cm³/mol. The molecule has 2 aliphatic carbocycles. The van der Waals surface area contributed by atoms with Gasteiger partial charge < -0.3 is 30.2 Å². The van der Waals surface area contributed by atoms with Crippen molar-refractivity contribution in [3.63, 3.8) is 0 Å². The lowest BCUT2D eigenvalue weighted by atomic mass is 9.85. The highest BCUT2D eigenvalue weighted by molar-refractivity contribution is 5.80. The van der Waals surface area contributed by atoms with Crippen LogP contribution in [-0.2, 0) is 9.59 Å². The van der Waals surface area contributed by atoms with Gasteiger partial charge in [0.25, 0.3) is 0 Å². The van der Waals surface area contributed by atoms with Crippen LogP contribution < -0.4 is 10.6 Å². The molecule has 15 heteroatoms. The molecule has 2 N–H and O–H groups in total. The molecular weight excluding hydrogens is 661 g/mol. The topological polar surface area (TPSA) is 115 Å². The molecule has 12 nitrogen and oxygen atoms in total. The van der Waals surface area contributed by atoms with Crippen molar-refractivity contribution >= 4 is 40.6 Å². The number of hydrogen-bond donors (Lipinski definition) is 2. The van der Waals surface area contributed by atoms with Crippen molar-refractivity contribution in [1.82, 2.24) is 39.1 Å². The number of carbonyl (C=O) groups is 2. The molecule has 1 aromatic carbocycles. The molecule has 1 aliphatic heterocycles. The van der Waals surface area contributed by atoms with Gasteiger partial charge in [0.1, 0.15) is 17.0 Å². The first kappa shape index (κ1) is 36.8. The lowest BCUT2D eigenvalue weighted by Crippen LogP contribution is -2.49. The van der Waals surface area contributed by atoms with E-state index in [9.17, 15) is 22.8 Å². The standard InChI is InChI=1S/C36H51F3N10O2/c1-5-45(2)14-17-47(4)33(50)23-8-12-27(13-9-23)49-32-30(42-36(49)43-31-28(38)20-25(37)21-29(31)39)22-40-35(44-32)41-26-10-6-24(7-11-26)34(51)48-18-15-46(3)16-19-48/h20-24,26-27H,5-19H2,1-4H3,(H,42,43)(H,40,41,44). The number of carbonyl (C=O) groups excluding carboxylic acids is 2. The molecule has 3 aliphatic rings. The van der Waals surface area contributed by atoms with Crippen LogP contribution in [0.2, 0.25) is 0 Å². The van der Waals surface area contributed by atoms with E-state index in [-0.39, 0.29) is 41.7 Å². The Morgan fingerprint density at radius 1 is 0.882 bits per heavy atom. The van der Waals surface area contributed by atoms with E-state index in [2.05, 4.69) is 44.4 Å². The Bertz CT molecular complexity index is 1660. The zero-order valence-electron chi connectivity index (χ0n) is 30.2. The van der Waals surface area contributed by atoms with Crippen molar-refractivity contribution in [2.75, 3.05) is 77.6 Å². The van der Waals surface area contributed by atoms with Gasteiger partial charge in [-0.2, -0.15) is 4.98 Å². The molecule has 2 aromatic heterocycles. The smallest absolute Gasteiger partial charge is 0.225 e. The average molecular weight is 713 g/mol. The molecule has 51 heavy (non-hydrogen) atoms. The number of nitrogens with zero attached hydrogens (tertiary/aromatic N) is 8. The van der Waals surface area contributed by atoms with E-state index in [1.54, 1.807) is 11.1 Å². The largest absolute Gasteiger partial charge is 0.351 e.